The average molecular weight is 207 g/mol. The highest BCUT2D eigenvalue weighted by molar-refractivity contribution is 5.20. The van der Waals surface area contributed by atoms with Crippen molar-refractivity contribution in [1.29, 1.82) is 0 Å². The van der Waals surface area contributed by atoms with E-state index in [9.17, 15) is 0 Å². The lowest BCUT2D eigenvalue weighted by Crippen LogP contribution is -2.28. The van der Waals surface area contributed by atoms with Crippen LogP contribution in [-0.4, -0.2) is 12.6 Å². The Kier molecular flexibility index (Phi) is 5.19. The van der Waals surface area contributed by atoms with E-state index in [0.717, 1.165) is 12.2 Å². The Morgan fingerprint density at radius 3 is 2.40 bits per heavy atom. The molecule has 0 aromatic heterocycles. The van der Waals surface area contributed by atoms with Gasteiger partial charge >= 0.3 is 0 Å². The predicted octanol–water partition coefficient (Wildman–Crippen LogP) is 2.83. The molecule has 2 nitrogen and oxygen atoms in total. The minimum absolute atomic E-state index is 0.146. The first-order valence-electron chi connectivity index (χ1n) is 5.62. The molecular formula is C13H21NO. The summed E-state index contributed by atoms with van der Waals surface area (Å²) in [6, 6.07) is 9.97. The van der Waals surface area contributed by atoms with E-state index in [4.69, 9.17) is 10.5 Å². The first-order valence-corrected chi connectivity index (χ1v) is 5.62. The lowest BCUT2D eigenvalue weighted by Gasteiger charge is -2.14. The van der Waals surface area contributed by atoms with Crippen LogP contribution in [0.5, 0.6) is 5.75 Å². The van der Waals surface area contributed by atoms with Gasteiger partial charge in [-0.1, -0.05) is 32.0 Å². The van der Waals surface area contributed by atoms with Gasteiger partial charge in [-0.2, -0.15) is 0 Å². The number of rotatable bonds is 6. The van der Waals surface area contributed by atoms with Crippen molar-refractivity contribution in [2.45, 2.75) is 32.7 Å². The van der Waals surface area contributed by atoms with E-state index in [1.165, 1.54) is 6.42 Å². The van der Waals surface area contributed by atoms with Gasteiger partial charge in [0.25, 0.3) is 0 Å². The largest absolute Gasteiger partial charge is 0.492 e. The first kappa shape index (κ1) is 12.1. The van der Waals surface area contributed by atoms with E-state index in [1.54, 1.807) is 0 Å². The number of ether oxygens (including phenoxy) is 1. The fourth-order valence-electron chi connectivity index (χ4n) is 1.35. The Labute approximate surface area is 92.4 Å². The Bertz CT molecular complexity index is 258. The molecule has 0 radical (unpaired) electrons. The molecule has 1 aromatic rings. The number of nitrogens with two attached hydrogens (primary N) is 1. The van der Waals surface area contributed by atoms with E-state index in [1.807, 2.05) is 30.3 Å². The van der Waals surface area contributed by atoms with Crippen LogP contribution in [0.25, 0.3) is 0 Å². The molecule has 0 saturated carbocycles. The van der Waals surface area contributed by atoms with Gasteiger partial charge in [-0.3, -0.25) is 0 Å². The summed E-state index contributed by atoms with van der Waals surface area (Å²) < 4.78 is 5.58. The maximum Gasteiger partial charge on any atom is 0.119 e. The lowest BCUT2D eigenvalue weighted by atomic mass is 10.0. The molecule has 0 heterocycles. The van der Waals surface area contributed by atoms with Crippen LogP contribution in [0.3, 0.4) is 0 Å². The Hall–Kier alpha value is -1.02. The third-order valence-corrected chi connectivity index (χ3v) is 2.32. The number of para-hydroxylation sites is 1. The summed E-state index contributed by atoms with van der Waals surface area (Å²) in [7, 11) is 0. The second-order valence-corrected chi connectivity index (χ2v) is 4.36. The zero-order valence-electron chi connectivity index (χ0n) is 9.65. The van der Waals surface area contributed by atoms with Gasteiger partial charge in [-0.15, -0.1) is 0 Å². The number of benzene rings is 1. The predicted molar refractivity (Wildman–Crippen MR) is 64.0 cm³/mol. The van der Waals surface area contributed by atoms with Crippen LogP contribution < -0.4 is 10.5 Å². The van der Waals surface area contributed by atoms with Gasteiger partial charge in [0.05, 0.1) is 0 Å². The first-order chi connectivity index (χ1) is 7.18. The molecule has 0 fully saturated rings. The van der Waals surface area contributed by atoms with Gasteiger partial charge in [0.15, 0.2) is 0 Å². The number of hydrogen-bond donors (Lipinski definition) is 1. The molecule has 0 spiro atoms. The van der Waals surface area contributed by atoms with E-state index in [0.29, 0.717) is 12.5 Å². The molecule has 1 atom stereocenters. The summed E-state index contributed by atoms with van der Waals surface area (Å²) in [5.41, 5.74) is 5.94. The van der Waals surface area contributed by atoms with Gasteiger partial charge in [-0.05, 0) is 30.9 Å². The fourth-order valence-corrected chi connectivity index (χ4v) is 1.35. The Morgan fingerprint density at radius 2 is 1.80 bits per heavy atom. The van der Waals surface area contributed by atoms with E-state index in [2.05, 4.69) is 13.8 Å². The smallest absolute Gasteiger partial charge is 0.119 e. The summed E-state index contributed by atoms with van der Waals surface area (Å²) in [6.45, 7) is 5.03. The third-order valence-electron chi connectivity index (χ3n) is 2.32. The molecule has 0 aliphatic heterocycles. The molecule has 2 N–H and O–H groups in total. The van der Waals surface area contributed by atoms with Crippen molar-refractivity contribution in [2.75, 3.05) is 6.61 Å². The summed E-state index contributed by atoms with van der Waals surface area (Å²) in [5, 5.41) is 0. The van der Waals surface area contributed by atoms with Crippen molar-refractivity contribution in [3.8, 4) is 5.75 Å². The molecule has 0 bridgehead atoms. The minimum atomic E-state index is 0.146. The second kappa shape index (κ2) is 6.46. The molecule has 1 rings (SSSR count). The molecular weight excluding hydrogens is 186 g/mol. The van der Waals surface area contributed by atoms with Gasteiger partial charge < -0.3 is 10.5 Å². The van der Waals surface area contributed by atoms with Gasteiger partial charge in [0, 0.05) is 6.04 Å². The topological polar surface area (TPSA) is 35.2 Å². The van der Waals surface area contributed by atoms with Crippen molar-refractivity contribution in [1.82, 2.24) is 0 Å². The van der Waals surface area contributed by atoms with Crippen molar-refractivity contribution in [3.63, 3.8) is 0 Å². The second-order valence-electron chi connectivity index (χ2n) is 4.36. The van der Waals surface area contributed by atoms with Crippen LogP contribution in [0.1, 0.15) is 26.7 Å². The summed E-state index contributed by atoms with van der Waals surface area (Å²) in [6.07, 6.45) is 2.20. The van der Waals surface area contributed by atoms with Crippen LogP contribution in [0.15, 0.2) is 30.3 Å². The summed E-state index contributed by atoms with van der Waals surface area (Å²) in [5.74, 6) is 1.62. The summed E-state index contributed by atoms with van der Waals surface area (Å²) in [4.78, 5) is 0. The highest BCUT2D eigenvalue weighted by Gasteiger charge is 2.04. The van der Waals surface area contributed by atoms with Crippen LogP contribution in [0, 0.1) is 5.92 Å². The van der Waals surface area contributed by atoms with Crippen LogP contribution >= 0.6 is 0 Å². The lowest BCUT2D eigenvalue weighted by molar-refractivity contribution is 0.276. The highest BCUT2D eigenvalue weighted by Crippen LogP contribution is 2.10. The standard InChI is InChI=1S/C13H21NO/c1-11(2)8-9-12(14)10-15-13-6-4-3-5-7-13/h3-7,11-12H,8-10,14H2,1-2H3. The molecule has 0 aliphatic carbocycles. The molecule has 1 aromatic carbocycles. The molecule has 0 amide bonds. The maximum atomic E-state index is 5.94. The van der Waals surface area contributed by atoms with Crippen molar-refractivity contribution < 1.29 is 4.74 Å². The maximum absolute atomic E-state index is 5.94. The van der Waals surface area contributed by atoms with Crippen LogP contribution in [-0.2, 0) is 0 Å². The fraction of sp³-hybridized carbons (Fsp3) is 0.538. The molecule has 0 saturated heterocycles. The van der Waals surface area contributed by atoms with Crippen molar-refractivity contribution in [3.05, 3.63) is 30.3 Å². The SMILES string of the molecule is CC(C)CCC(N)COc1ccccc1. The van der Waals surface area contributed by atoms with Crippen molar-refractivity contribution >= 4 is 0 Å². The average Bonchev–Trinajstić information content (AvgIpc) is 2.25. The molecule has 0 aliphatic rings. The van der Waals surface area contributed by atoms with Crippen molar-refractivity contribution in [2.24, 2.45) is 11.7 Å². The molecule has 2 heteroatoms. The van der Waals surface area contributed by atoms with Crippen LogP contribution in [0.4, 0.5) is 0 Å². The molecule has 1 unspecified atom stereocenters. The van der Waals surface area contributed by atoms with Crippen LogP contribution in [0.2, 0.25) is 0 Å². The summed E-state index contributed by atoms with van der Waals surface area (Å²) >= 11 is 0. The van der Waals surface area contributed by atoms with Gasteiger partial charge in [0.2, 0.25) is 0 Å². The zero-order chi connectivity index (χ0) is 11.1. The Balaban J connectivity index is 2.19. The number of hydrogen-bond acceptors (Lipinski definition) is 2. The quantitative estimate of drug-likeness (QED) is 0.778. The van der Waals surface area contributed by atoms with Gasteiger partial charge in [-0.25, -0.2) is 0 Å². The van der Waals surface area contributed by atoms with E-state index < -0.39 is 0 Å². The zero-order valence-corrected chi connectivity index (χ0v) is 9.65. The highest BCUT2D eigenvalue weighted by atomic mass is 16.5. The van der Waals surface area contributed by atoms with Gasteiger partial charge in [0.1, 0.15) is 12.4 Å². The normalized spacial score (nSPS) is 12.8. The van der Waals surface area contributed by atoms with E-state index in [-0.39, 0.29) is 6.04 Å². The minimum Gasteiger partial charge on any atom is -0.492 e. The Morgan fingerprint density at radius 1 is 1.13 bits per heavy atom. The third kappa shape index (κ3) is 5.43. The molecule has 15 heavy (non-hydrogen) atoms. The monoisotopic (exact) mass is 207 g/mol. The van der Waals surface area contributed by atoms with E-state index >= 15 is 0 Å². The molecule has 84 valence electrons.